The molecule has 0 saturated carbocycles. The minimum absolute atomic E-state index is 0.0531. The number of nitrogen functional groups attached to an aromatic ring is 1. The molecule has 0 heterocycles. The van der Waals surface area contributed by atoms with Crippen LogP contribution in [0.3, 0.4) is 0 Å². The minimum Gasteiger partial charge on any atom is -0.391 e. The molecule has 1 rings (SSSR count). The number of benzene rings is 1. The van der Waals surface area contributed by atoms with Gasteiger partial charge in [-0.3, -0.25) is 15.0 Å². The Bertz CT molecular complexity index is 875. The number of rotatable bonds is 14. The molecule has 2 amide bonds. The maximum Gasteiger partial charge on any atom is 0.242 e. The first-order chi connectivity index (χ1) is 15.0. The third-order valence-corrected chi connectivity index (χ3v) is 6.72. The van der Waals surface area contributed by atoms with Gasteiger partial charge in [-0.25, -0.2) is 13.1 Å². The number of aliphatic hydroxyl groups is 1. The molecule has 12 heteroatoms. The lowest BCUT2D eigenvalue weighted by atomic mass is 10.1. The van der Waals surface area contributed by atoms with E-state index in [0.717, 1.165) is 5.56 Å². The highest BCUT2D eigenvalue weighted by atomic mass is 32.2. The van der Waals surface area contributed by atoms with E-state index in [1.165, 1.54) is 18.7 Å². The van der Waals surface area contributed by atoms with Crippen LogP contribution in [-0.4, -0.2) is 67.1 Å². The van der Waals surface area contributed by atoms with Crippen molar-refractivity contribution >= 4 is 39.4 Å². The van der Waals surface area contributed by atoms with Crippen LogP contribution in [0.15, 0.2) is 24.3 Å². The molecule has 10 nitrogen and oxygen atoms in total. The molecule has 0 spiro atoms. The maximum absolute atomic E-state index is 12.7. The van der Waals surface area contributed by atoms with Crippen molar-refractivity contribution in [1.82, 2.24) is 15.4 Å². The quantitative estimate of drug-likeness (QED) is 0.157. The van der Waals surface area contributed by atoms with Crippen LogP contribution in [0.4, 0.5) is 0 Å². The van der Waals surface area contributed by atoms with Crippen LogP contribution in [0.2, 0.25) is 0 Å². The predicted molar refractivity (Wildman–Crippen MR) is 127 cm³/mol. The zero-order chi connectivity index (χ0) is 24.3. The third-order valence-electron chi connectivity index (χ3n) is 4.52. The molecule has 0 aromatic heterocycles. The number of carbonyl (C=O) groups excluding carboxylic acids is 2. The molecule has 1 aromatic carbocycles. The first-order valence-electron chi connectivity index (χ1n) is 10.2. The van der Waals surface area contributed by atoms with Crippen LogP contribution in [0.1, 0.15) is 37.8 Å². The van der Waals surface area contributed by atoms with Crippen molar-refractivity contribution in [2.24, 2.45) is 5.73 Å². The predicted octanol–water partition coefficient (Wildman–Crippen LogP) is -0.0964. The topological polar surface area (TPSA) is 174 Å². The van der Waals surface area contributed by atoms with Gasteiger partial charge >= 0.3 is 0 Å². The highest BCUT2D eigenvalue weighted by Crippen LogP contribution is 2.07. The first-order valence-corrected chi connectivity index (χ1v) is 13.2. The van der Waals surface area contributed by atoms with E-state index in [2.05, 4.69) is 15.4 Å². The largest absolute Gasteiger partial charge is 0.391 e. The van der Waals surface area contributed by atoms with E-state index in [1.807, 2.05) is 6.26 Å². The monoisotopic (exact) mass is 487 g/mol. The molecule has 0 radical (unpaired) electrons. The summed E-state index contributed by atoms with van der Waals surface area (Å²) in [7, 11) is -3.75. The molecule has 3 unspecified atom stereocenters. The van der Waals surface area contributed by atoms with Crippen LogP contribution in [0.25, 0.3) is 0 Å². The number of carbonyl (C=O) groups is 2. The normalized spacial score (nSPS) is 14.2. The summed E-state index contributed by atoms with van der Waals surface area (Å²) in [5.41, 5.74) is 6.78. The molecular formula is C20H33N5O5S2. The van der Waals surface area contributed by atoms with Gasteiger partial charge in [0.05, 0.1) is 11.9 Å². The molecule has 0 bridgehead atoms. The Morgan fingerprint density at radius 2 is 1.84 bits per heavy atom. The fourth-order valence-corrected chi connectivity index (χ4v) is 4.59. The van der Waals surface area contributed by atoms with E-state index >= 15 is 0 Å². The minimum atomic E-state index is -3.75. The number of sulfonamides is 1. The summed E-state index contributed by atoms with van der Waals surface area (Å²) in [4.78, 5) is 25.4. The first kappa shape index (κ1) is 27.9. The molecule has 180 valence electrons. The number of amidine groups is 1. The van der Waals surface area contributed by atoms with Crippen molar-refractivity contribution < 1.29 is 23.1 Å². The van der Waals surface area contributed by atoms with Crippen molar-refractivity contribution in [1.29, 1.82) is 5.41 Å². The van der Waals surface area contributed by atoms with Crippen molar-refractivity contribution in [3.63, 3.8) is 0 Å². The fraction of sp³-hybridized carbons (Fsp3) is 0.550. The van der Waals surface area contributed by atoms with Gasteiger partial charge in [-0.1, -0.05) is 31.2 Å². The molecule has 3 atom stereocenters. The summed E-state index contributed by atoms with van der Waals surface area (Å²) in [5.74, 6) is -0.840. The molecule has 1 aromatic rings. The third kappa shape index (κ3) is 9.55. The van der Waals surface area contributed by atoms with E-state index in [9.17, 15) is 23.1 Å². The zero-order valence-corrected chi connectivity index (χ0v) is 20.2. The molecule has 0 saturated heterocycles. The Balaban J connectivity index is 2.85. The van der Waals surface area contributed by atoms with E-state index in [0.29, 0.717) is 24.2 Å². The lowest BCUT2D eigenvalue weighted by Crippen LogP contribution is -2.57. The summed E-state index contributed by atoms with van der Waals surface area (Å²) in [6, 6.07) is 4.51. The Kier molecular flexibility index (Phi) is 11.7. The van der Waals surface area contributed by atoms with Gasteiger partial charge in [-0.15, -0.1) is 0 Å². The van der Waals surface area contributed by atoms with Gasteiger partial charge in [0.15, 0.2) is 0 Å². The average molecular weight is 488 g/mol. The smallest absolute Gasteiger partial charge is 0.242 e. The molecular weight excluding hydrogens is 454 g/mol. The Labute approximate surface area is 193 Å². The van der Waals surface area contributed by atoms with Gasteiger partial charge in [-0.05, 0) is 37.3 Å². The summed E-state index contributed by atoms with van der Waals surface area (Å²) in [6.45, 7) is 3.19. The maximum atomic E-state index is 12.7. The number of aliphatic hydroxyl groups excluding tert-OH is 1. The van der Waals surface area contributed by atoms with Crippen LogP contribution in [-0.2, 0) is 26.2 Å². The number of nitrogens with one attached hydrogen (secondary N) is 4. The lowest BCUT2D eigenvalue weighted by Gasteiger charge is -2.24. The summed E-state index contributed by atoms with van der Waals surface area (Å²) < 4.78 is 26.3. The van der Waals surface area contributed by atoms with E-state index in [4.69, 9.17) is 11.1 Å². The Morgan fingerprint density at radius 1 is 1.22 bits per heavy atom. The number of hydrogen-bond acceptors (Lipinski definition) is 7. The molecule has 7 N–H and O–H groups in total. The Morgan fingerprint density at radius 3 is 2.34 bits per heavy atom. The summed E-state index contributed by atoms with van der Waals surface area (Å²) >= 11 is 1.50. The van der Waals surface area contributed by atoms with Crippen LogP contribution in [0, 0.1) is 5.41 Å². The van der Waals surface area contributed by atoms with Gasteiger partial charge in [0.1, 0.15) is 17.9 Å². The highest BCUT2D eigenvalue weighted by Gasteiger charge is 2.31. The SMILES string of the molecule is CCCS(=O)(=O)NC(C(=O)NC(CCSC)C(=O)NCc1ccc(C(=N)N)cc1)C(C)O. The van der Waals surface area contributed by atoms with Gasteiger partial charge < -0.3 is 21.5 Å². The van der Waals surface area contributed by atoms with Crippen molar-refractivity contribution in [3.8, 4) is 0 Å². The van der Waals surface area contributed by atoms with Gasteiger partial charge in [0.2, 0.25) is 21.8 Å². The molecule has 0 aliphatic carbocycles. The highest BCUT2D eigenvalue weighted by molar-refractivity contribution is 7.98. The van der Waals surface area contributed by atoms with E-state index in [1.54, 1.807) is 31.2 Å². The van der Waals surface area contributed by atoms with Gasteiger partial charge in [-0.2, -0.15) is 11.8 Å². The lowest BCUT2D eigenvalue weighted by molar-refractivity contribution is -0.131. The molecule has 0 aliphatic rings. The fourth-order valence-electron chi connectivity index (χ4n) is 2.77. The number of amides is 2. The number of hydrogen-bond donors (Lipinski definition) is 6. The number of thioether (sulfide) groups is 1. The Hall–Kier alpha value is -2.15. The van der Waals surface area contributed by atoms with Crippen LogP contribution in [0.5, 0.6) is 0 Å². The average Bonchev–Trinajstić information content (AvgIpc) is 2.73. The second kappa shape index (κ2) is 13.4. The zero-order valence-electron chi connectivity index (χ0n) is 18.6. The summed E-state index contributed by atoms with van der Waals surface area (Å²) in [5, 5.41) is 22.7. The van der Waals surface area contributed by atoms with Crippen LogP contribution >= 0.6 is 11.8 Å². The number of nitrogens with two attached hydrogens (primary N) is 1. The molecule has 0 aliphatic heterocycles. The second-order valence-electron chi connectivity index (χ2n) is 7.33. The molecule has 32 heavy (non-hydrogen) atoms. The van der Waals surface area contributed by atoms with E-state index in [-0.39, 0.29) is 18.1 Å². The van der Waals surface area contributed by atoms with E-state index < -0.39 is 40.0 Å². The van der Waals surface area contributed by atoms with Gasteiger partial charge in [0.25, 0.3) is 0 Å². The van der Waals surface area contributed by atoms with Gasteiger partial charge in [0, 0.05) is 12.1 Å². The standard InChI is InChI=1S/C20H33N5O5S2/c1-4-11-32(29,30)25-17(13(2)26)20(28)24-16(9-10-31-3)19(27)23-12-14-5-7-15(8-6-14)18(21)22/h5-8,13,16-17,25-26H,4,9-12H2,1-3H3,(H3,21,22)(H,23,27)(H,24,28). The van der Waals surface area contributed by atoms with Crippen molar-refractivity contribution in [2.75, 3.05) is 17.8 Å². The molecule has 0 fully saturated rings. The van der Waals surface area contributed by atoms with Crippen molar-refractivity contribution in [2.45, 2.75) is 51.4 Å². The second-order valence-corrected chi connectivity index (χ2v) is 10.2. The van der Waals surface area contributed by atoms with Crippen molar-refractivity contribution in [3.05, 3.63) is 35.4 Å². The summed E-state index contributed by atoms with van der Waals surface area (Å²) in [6.07, 6.45) is 1.27. The van der Waals surface area contributed by atoms with Crippen LogP contribution < -0.4 is 21.1 Å².